The molecule has 174 valence electrons. The van der Waals surface area contributed by atoms with Crippen LogP contribution in [0.3, 0.4) is 0 Å². The van der Waals surface area contributed by atoms with Crippen molar-refractivity contribution in [2.45, 2.75) is 20.1 Å². The van der Waals surface area contributed by atoms with Gasteiger partial charge in [0.25, 0.3) is 0 Å². The lowest BCUT2D eigenvalue weighted by molar-refractivity contribution is -0.117. The Morgan fingerprint density at radius 2 is 1.88 bits per heavy atom. The fraction of sp³-hybridized carbons (Fsp3) is 0.435. The zero-order chi connectivity index (χ0) is 22.9. The van der Waals surface area contributed by atoms with E-state index in [-0.39, 0.29) is 24.0 Å². The van der Waals surface area contributed by atoms with E-state index in [1.165, 1.54) is 6.07 Å². The van der Waals surface area contributed by atoms with E-state index in [4.69, 9.17) is 9.47 Å². The van der Waals surface area contributed by atoms with Crippen molar-refractivity contribution in [3.63, 3.8) is 0 Å². The van der Waals surface area contributed by atoms with Gasteiger partial charge in [0.15, 0.2) is 11.5 Å². The molecule has 1 N–H and O–H groups in total. The van der Waals surface area contributed by atoms with Crippen LogP contribution < -0.4 is 19.7 Å². The zero-order valence-corrected chi connectivity index (χ0v) is 18.4. The summed E-state index contributed by atoms with van der Waals surface area (Å²) >= 11 is 0. The molecule has 1 saturated heterocycles. The molecule has 0 aromatic heterocycles. The van der Waals surface area contributed by atoms with E-state index in [9.17, 15) is 13.6 Å². The van der Waals surface area contributed by atoms with E-state index in [0.717, 1.165) is 43.2 Å². The largest absolute Gasteiger partial charge is 0.490 e. The molecule has 7 nitrogen and oxygen atoms in total. The van der Waals surface area contributed by atoms with Crippen molar-refractivity contribution in [3.05, 3.63) is 48.0 Å². The predicted molar refractivity (Wildman–Crippen MR) is 119 cm³/mol. The lowest BCUT2D eigenvalue weighted by Crippen LogP contribution is -2.36. The SMILES string of the molecule is CCOc1cc(CN(C)CC(=O)Nc2ccc(N3CCOCC3)cc2)ccc1OC(F)F. The molecule has 2 aromatic carbocycles. The Morgan fingerprint density at radius 1 is 1.16 bits per heavy atom. The number of rotatable bonds is 10. The number of hydrogen-bond acceptors (Lipinski definition) is 6. The summed E-state index contributed by atoms with van der Waals surface area (Å²) in [7, 11) is 1.81. The maximum absolute atomic E-state index is 12.6. The first kappa shape index (κ1) is 23.7. The van der Waals surface area contributed by atoms with Crippen molar-refractivity contribution in [2.75, 3.05) is 56.7 Å². The molecule has 1 aliphatic rings. The van der Waals surface area contributed by atoms with Crippen LogP contribution in [0.1, 0.15) is 12.5 Å². The second-order valence-electron chi connectivity index (χ2n) is 7.46. The van der Waals surface area contributed by atoms with Crippen LogP contribution in [0.2, 0.25) is 0 Å². The summed E-state index contributed by atoms with van der Waals surface area (Å²) in [6.07, 6.45) is 0. The number of amides is 1. The molecule has 1 heterocycles. The van der Waals surface area contributed by atoms with Crippen LogP contribution in [0.25, 0.3) is 0 Å². The fourth-order valence-corrected chi connectivity index (χ4v) is 3.50. The molecule has 0 spiro atoms. The second kappa shape index (κ2) is 11.6. The average molecular weight is 449 g/mol. The molecule has 3 rings (SSSR count). The number of nitrogens with zero attached hydrogens (tertiary/aromatic N) is 2. The van der Waals surface area contributed by atoms with Crippen LogP contribution in [-0.4, -0.2) is 63.9 Å². The van der Waals surface area contributed by atoms with Gasteiger partial charge in [-0.15, -0.1) is 0 Å². The lowest BCUT2D eigenvalue weighted by Gasteiger charge is -2.28. The molecule has 1 aliphatic heterocycles. The van der Waals surface area contributed by atoms with Crippen LogP contribution >= 0.6 is 0 Å². The fourth-order valence-electron chi connectivity index (χ4n) is 3.50. The van der Waals surface area contributed by atoms with Crippen molar-refractivity contribution in [1.82, 2.24) is 4.90 Å². The smallest absolute Gasteiger partial charge is 0.387 e. The Morgan fingerprint density at radius 3 is 2.53 bits per heavy atom. The van der Waals surface area contributed by atoms with Gasteiger partial charge >= 0.3 is 6.61 Å². The highest BCUT2D eigenvalue weighted by atomic mass is 19.3. The van der Waals surface area contributed by atoms with Crippen LogP contribution in [0, 0.1) is 0 Å². The molecule has 0 atom stereocenters. The Bertz CT molecular complexity index is 874. The maximum Gasteiger partial charge on any atom is 0.387 e. The summed E-state index contributed by atoms with van der Waals surface area (Å²) < 4.78 is 40.4. The molecule has 2 aromatic rings. The topological polar surface area (TPSA) is 63.3 Å². The molecule has 0 aliphatic carbocycles. The average Bonchev–Trinajstić information content (AvgIpc) is 2.76. The number of nitrogens with one attached hydrogen (secondary N) is 1. The van der Waals surface area contributed by atoms with Gasteiger partial charge in [0, 0.05) is 31.0 Å². The van der Waals surface area contributed by atoms with E-state index in [1.54, 1.807) is 19.1 Å². The lowest BCUT2D eigenvalue weighted by atomic mass is 10.2. The number of carbonyl (C=O) groups is 1. The first-order chi connectivity index (χ1) is 15.4. The number of alkyl halides is 2. The van der Waals surface area contributed by atoms with E-state index in [2.05, 4.69) is 15.0 Å². The summed E-state index contributed by atoms with van der Waals surface area (Å²) in [4.78, 5) is 16.5. The van der Waals surface area contributed by atoms with Gasteiger partial charge in [-0.2, -0.15) is 8.78 Å². The number of morpholine rings is 1. The van der Waals surface area contributed by atoms with Gasteiger partial charge in [0.1, 0.15) is 0 Å². The number of benzene rings is 2. The van der Waals surface area contributed by atoms with Gasteiger partial charge in [-0.3, -0.25) is 9.69 Å². The summed E-state index contributed by atoms with van der Waals surface area (Å²) in [6.45, 7) is 2.94. The predicted octanol–water partition coefficient (Wildman–Crippen LogP) is 3.59. The van der Waals surface area contributed by atoms with E-state index >= 15 is 0 Å². The van der Waals surface area contributed by atoms with Crippen molar-refractivity contribution in [2.24, 2.45) is 0 Å². The third-order valence-electron chi connectivity index (χ3n) is 4.92. The molecule has 0 saturated carbocycles. The molecule has 0 bridgehead atoms. The minimum atomic E-state index is -2.92. The van der Waals surface area contributed by atoms with Crippen molar-refractivity contribution < 1.29 is 27.8 Å². The molecule has 1 fully saturated rings. The van der Waals surface area contributed by atoms with Crippen LogP contribution in [0.4, 0.5) is 20.2 Å². The van der Waals surface area contributed by atoms with Gasteiger partial charge in [-0.05, 0) is 55.9 Å². The van der Waals surface area contributed by atoms with Gasteiger partial charge in [-0.25, -0.2) is 0 Å². The van der Waals surface area contributed by atoms with Crippen LogP contribution in [0.5, 0.6) is 11.5 Å². The minimum Gasteiger partial charge on any atom is -0.490 e. The van der Waals surface area contributed by atoms with E-state index in [1.807, 2.05) is 36.2 Å². The first-order valence-corrected chi connectivity index (χ1v) is 10.6. The van der Waals surface area contributed by atoms with Gasteiger partial charge in [-0.1, -0.05) is 6.07 Å². The van der Waals surface area contributed by atoms with Crippen molar-refractivity contribution in [1.29, 1.82) is 0 Å². The minimum absolute atomic E-state index is 0.00785. The maximum atomic E-state index is 12.6. The Balaban J connectivity index is 1.52. The Hall–Kier alpha value is -2.91. The van der Waals surface area contributed by atoms with Crippen molar-refractivity contribution in [3.8, 4) is 11.5 Å². The third-order valence-corrected chi connectivity index (χ3v) is 4.92. The molecule has 9 heteroatoms. The summed E-state index contributed by atoms with van der Waals surface area (Å²) in [5, 5.41) is 2.90. The number of anilines is 2. The Labute approximate surface area is 186 Å². The molecular formula is C23H29F2N3O4. The number of carbonyl (C=O) groups excluding carboxylic acids is 1. The van der Waals surface area contributed by atoms with E-state index < -0.39 is 6.61 Å². The van der Waals surface area contributed by atoms with Gasteiger partial charge in [0.2, 0.25) is 5.91 Å². The summed E-state index contributed by atoms with van der Waals surface area (Å²) in [5.41, 5.74) is 2.65. The highest BCUT2D eigenvalue weighted by Crippen LogP contribution is 2.30. The number of likely N-dealkylation sites (N-methyl/N-ethyl adjacent to an activating group) is 1. The molecule has 1 amide bonds. The van der Waals surface area contributed by atoms with Crippen LogP contribution in [0.15, 0.2) is 42.5 Å². The second-order valence-corrected chi connectivity index (χ2v) is 7.46. The highest BCUT2D eigenvalue weighted by molar-refractivity contribution is 5.92. The van der Waals surface area contributed by atoms with Crippen LogP contribution in [-0.2, 0) is 16.1 Å². The normalized spacial score (nSPS) is 14.0. The quantitative estimate of drug-likeness (QED) is 0.598. The zero-order valence-electron chi connectivity index (χ0n) is 18.4. The van der Waals surface area contributed by atoms with Crippen molar-refractivity contribution >= 4 is 17.3 Å². The molecule has 0 unspecified atom stereocenters. The van der Waals surface area contributed by atoms with E-state index in [0.29, 0.717) is 13.2 Å². The number of halogens is 2. The summed E-state index contributed by atoms with van der Waals surface area (Å²) in [6, 6.07) is 12.5. The highest BCUT2D eigenvalue weighted by Gasteiger charge is 2.14. The van der Waals surface area contributed by atoms with Gasteiger partial charge in [0.05, 0.1) is 26.4 Å². The molecule has 32 heavy (non-hydrogen) atoms. The Kier molecular flexibility index (Phi) is 8.64. The first-order valence-electron chi connectivity index (χ1n) is 10.6. The molecule has 0 radical (unpaired) electrons. The third kappa shape index (κ3) is 7.06. The standard InChI is InChI=1S/C23H29F2N3O4/c1-3-31-21-14-17(4-9-20(21)32-23(24)25)15-27(2)16-22(29)26-18-5-7-19(8-6-18)28-10-12-30-13-11-28/h4-9,14,23H,3,10-13,15-16H2,1-2H3,(H,26,29). The summed E-state index contributed by atoms with van der Waals surface area (Å²) in [5.74, 6) is 0.101. The number of hydrogen-bond donors (Lipinski definition) is 1. The number of ether oxygens (including phenoxy) is 3. The molecular weight excluding hydrogens is 420 g/mol. The monoisotopic (exact) mass is 449 g/mol. The van der Waals surface area contributed by atoms with Gasteiger partial charge < -0.3 is 24.4 Å².